The minimum Gasteiger partial charge on any atom is -0.486 e. The first kappa shape index (κ1) is 12.9. The van der Waals surface area contributed by atoms with Crippen LogP contribution >= 0.6 is 0 Å². The molecule has 1 amide bonds. The lowest BCUT2D eigenvalue weighted by atomic mass is 10.2. The van der Waals surface area contributed by atoms with Crippen molar-refractivity contribution in [1.29, 1.82) is 0 Å². The third-order valence-electron chi connectivity index (χ3n) is 3.76. The van der Waals surface area contributed by atoms with Crippen LogP contribution < -0.4 is 20.1 Å². The summed E-state index contributed by atoms with van der Waals surface area (Å²) in [5.74, 6) is 1.58. The van der Waals surface area contributed by atoms with Crippen molar-refractivity contribution in [1.82, 2.24) is 4.90 Å². The maximum Gasteiger partial charge on any atom is 0.219 e. The van der Waals surface area contributed by atoms with E-state index in [4.69, 9.17) is 15.2 Å². The van der Waals surface area contributed by atoms with E-state index in [1.807, 2.05) is 17.0 Å². The number of carbonyl (C=O) groups excluding carboxylic acids is 1. The van der Waals surface area contributed by atoms with Crippen molar-refractivity contribution in [3.63, 3.8) is 0 Å². The van der Waals surface area contributed by atoms with E-state index in [0.717, 1.165) is 37.6 Å². The summed E-state index contributed by atoms with van der Waals surface area (Å²) in [6.45, 7) is 5.74. The summed E-state index contributed by atoms with van der Waals surface area (Å²) in [6, 6.07) is 3.76. The zero-order valence-electron chi connectivity index (χ0n) is 11.6. The van der Waals surface area contributed by atoms with Gasteiger partial charge in [0.25, 0.3) is 0 Å². The lowest BCUT2D eigenvalue weighted by molar-refractivity contribution is -0.129. The Morgan fingerprint density at radius 3 is 2.30 bits per heavy atom. The van der Waals surface area contributed by atoms with Crippen LogP contribution in [0.3, 0.4) is 0 Å². The highest BCUT2D eigenvalue weighted by molar-refractivity contribution is 5.75. The fraction of sp³-hybridized carbons (Fsp3) is 0.500. The number of nitrogens with zero attached hydrogens (tertiary/aromatic N) is 2. The van der Waals surface area contributed by atoms with Crippen molar-refractivity contribution in [2.45, 2.75) is 6.92 Å². The molecule has 6 heteroatoms. The molecule has 6 nitrogen and oxygen atoms in total. The number of ether oxygens (including phenoxy) is 2. The van der Waals surface area contributed by atoms with Gasteiger partial charge in [-0.3, -0.25) is 4.79 Å². The molecule has 0 spiro atoms. The number of benzene rings is 1. The second-order valence-electron chi connectivity index (χ2n) is 5.05. The van der Waals surface area contributed by atoms with E-state index >= 15 is 0 Å². The summed E-state index contributed by atoms with van der Waals surface area (Å²) in [7, 11) is 0. The molecule has 2 heterocycles. The van der Waals surface area contributed by atoms with Gasteiger partial charge in [0.1, 0.15) is 13.2 Å². The number of carbonyl (C=O) groups is 1. The highest BCUT2D eigenvalue weighted by Crippen LogP contribution is 2.38. The van der Waals surface area contributed by atoms with Crippen molar-refractivity contribution >= 4 is 17.3 Å². The van der Waals surface area contributed by atoms with Gasteiger partial charge in [0.2, 0.25) is 5.91 Å². The maximum atomic E-state index is 11.3. The molecule has 108 valence electrons. The summed E-state index contributed by atoms with van der Waals surface area (Å²) in [6.07, 6.45) is 0. The number of hydrogen-bond acceptors (Lipinski definition) is 5. The Labute approximate surface area is 118 Å². The molecule has 2 aliphatic heterocycles. The highest BCUT2D eigenvalue weighted by Gasteiger charge is 2.22. The van der Waals surface area contributed by atoms with Crippen molar-refractivity contribution < 1.29 is 14.3 Å². The van der Waals surface area contributed by atoms with Gasteiger partial charge >= 0.3 is 0 Å². The first-order chi connectivity index (χ1) is 9.65. The summed E-state index contributed by atoms with van der Waals surface area (Å²) in [4.78, 5) is 15.4. The Bertz CT molecular complexity index is 525. The molecule has 0 aromatic heterocycles. The van der Waals surface area contributed by atoms with Gasteiger partial charge in [-0.15, -0.1) is 0 Å². The molecular weight excluding hydrogens is 258 g/mol. The number of rotatable bonds is 1. The van der Waals surface area contributed by atoms with E-state index in [1.165, 1.54) is 0 Å². The SMILES string of the molecule is CC(=O)N1CCN(c2cc3c(cc2N)OCCO3)CC1. The molecule has 0 radical (unpaired) electrons. The number of nitrogen functional groups attached to an aromatic ring is 1. The Hall–Kier alpha value is -2.11. The van der Waals surface area contributed by atoms with Crippen molar-refractivity contribution in [3.05, 3.63) is 12.1 Å². The molecular formula is C14H19N3O3. The van der Waals surface area contributed by atoms with E-state index in [2.05, 4.69) is 4.90 Å². The Kier molecular flexibility index (Phi) is 3.30. The lowest BCUT2D eigenvalue weighted by Gasteiger charge is -2.36. The number of anilines is 2. The van der Waals surface area contributed by atoms with Gasteiger partial charge in [-0.25, -0.2) is 0 Å². The van der Waals surface area contributed by atoms with E-state index in [9.17, 15) is 4.79 Å². The molecule has 1 aromatic carbocycles. The molecule has 0 atom stereocenters. The van der Waals surface area contributed by atoms with E-state index in [-0.39, 0.29) is 5.91 Å². The van der Waals surface area contributed by atoms with Crippen LogP contribution in [0.4, 0.5) is 11.4 Å². The average molecular weight is 277 g/mol. The second kappa shape index (κ2) is 5.11. The van der Waals surface area contributed by atoms with E-state index < -0.39 is 0 Å². The molecule has 0 unspecified atom stereocenters. The number of nitrogens with two attached hydrogens (primary N) is 1. The van der Waals surface area contributed by atoms with Crippen molar-refractivity contribution in [3.8, 4) is 11.5 Å². The third-order valence-corrected chi connectivity index (χ3v) is 3.76. The number of amides is 1. The van der Waals surface area contributed by atoms with E-state index in [1.54, 1.807) is 6.92 Å². The number of fused-ring (bicyclic) bond motifs is 1. The van der Waals surface area contributed by atoms with Crippen LogP contribution in [-0.2, 0) is 4.79 Å². The molecule has 0 aliphatic carbocycles. The van der Waals surface area contributed by atoms with Crippen LogP contribution in [0.25, 0.3) is 0 Å². The van der Waals surface area contributed by atoms with Gasteiger partial charge in [0.05, 0.1) is 11.4 Å². The van der Waals surface area contributed by atoms with Gasteiger partial charge in [0.15, 0.2) is 11.5 Å². The Morgan fingerprint density at radius 2 is 1.70 bits per heavy atom. The average Bonchev–Trinajstić information content (AvgIpc) is 2.46. The van der Waals surface area contributed by atoms with Crippen LogP contribution in [0.5, 0.6) is 11.5 Å². The quantitative estimate of drug-likeness (QED) is 0.766. The van der Waals surface area contributed by atoms with Crippen LogP contribution in [-0.4, -0.2) is 50.2 Å². The van der Waals surface area contributed by atoms with Gasteiger partial charge in [0, 0.05) is 45.2 Å². The first-order valence-corrected chi connectivity index (χ1v) is 6.85. The topological polar surface area (TPSA) is 68.0 Å². The molecule has 2 N–H and O–H groups in total. The molecule has 1 fully saturated rings. The maximum absolute atomic E-state index is 11.3. The smallest absolute Gasteiger partial charge is 0.219 e. The third kappa shape index (κ3) is 2.33. The summed E-state index contributed by atoms with van der Waals surface area (Å²) >= 11 is 0. The molecule has 3 rings (SSSR count). The minimum absolute atomic E-state index is 0.125. The molecule has 1 aromatic rings. The minimum atomic E-state index is 0.125. The zero-order chi connectivity index (χ0) is 14.1. The summed E-state index contributed by atoms with van der Waals surface area (Å²) in [5.41, 5.74) is 7.75. The van der Waals surface area contributed by atoms with Crippen molar-refractivity contribution in [2.75, 3.05) is 50.0 Å². The van der Waals surface area contributed by atoms with Crippen LogP contribution in [0.15, 0.2) is 12.1 Å². The second-order valence-corrected chi connectivity index (χ2v) is 5.05. The van der Waals surface area contributed by atoms with Crippen LogP contribution in [0.1, 0.15) is 6.92 Å². The predicted molar refractivity (Wildman–Crippen MR) is 76.3 cm³/mol. The van der Waals surface area contributed by atoms with Crippen LogP contribution in [0, 0.1) is 0 Å². The standard InChI is InChI=1S/C14H19N3O3/c1-10(18)16-2-4-17(5-3-16)12-9-14-13(8-11(12)15)19-6-7-20-14/h8-9H,2-7,15H2,1H3. The zero-order valence-corrected chi connectivity index (χ0v) is 11.6. The van der Waals surface area contributed by atoms with Gasteiger partial charge in [-0.1, -0.05) is 0 Å². The molecule has 2 aliphatic rings. The Morgan fingerprint density at radius 1 is 1.10 bits per heavy atom. The molecule has 0 saturated carbocycles. The molecule has 20 heavy (non-hydrogen) atoms. The van der Waals surface area contributed by atoms with Crippen LogP contribution in [0.2, 0.25) is 0 Å². The normalized spacial score (nSPS) is 18.1. The Balaban J connectivity index is 1.79. The number of hydrogen-bond donors (Lipinski definition) is 1. The fourth-order valence-electron chi connectivity index (χ4n) is 2.63. The summed E-state index contributed by atoms with van der Waals surface area (Å²) in [5, 5.41) is 0. The van der Waals surface area contributed by atoms with Gasteiger partial charge < -0.3 is 25.0 Å². The lowest BCUT2D eigenvalue weighted by Crippen LogP contribution is -2.48. The fourth-order valence-corrected chi connectivity index (χ4v) is 2.63. The monoisotopic (exact) mass is 277 g/mol. The highest BCUT2D eigenvalue weighted by atomic mass is 16.6. The number of piperazine rings is 1. The predicted octanol–water partition coefficient (Wildman–Crippen LogP) is 0.709. The van der Waals surface area contributed by atoms with Gasteiger partial charge in [-0.2, -0.15) is 0 Å². The van der Waals surface area contributed by atoms with Gasteiger partial charge in [-0.05, 0) is 0 Å². The largest absolute Gasteiger partial charge is 0.486 e. The van der Waals surface area contributed by atoms with Crippen molar-refractivity contribution in [2.24, 2.45) is 0 Å². The first-order valence-electron chi connectivity index (χ1n) is 6.85. The van der Waals surface area contributed by atoms with E-state index in [0.29, 0.717) is 24.7 Å². The molecule has 0 bridgehead atoms. The molecule has 1 saturated heterocycles. The summed E-state index contributed by atoms with van der Waals surface area (Å²) < 4.78 is 11.1.